The maximum absolute atomic E-state index is 13.0. The molecule has 0 saturated carbocycles. The van der Waals surface area contributed by atoms with Crippen molar-refractivity contribution in [1.82, 2.24) is 5.32 Å². The molecule has 0 atom stereocenters. The SMILES string of the molecule is CC(C)NC(=O)c1ccc(OCC(F)=CCN)cc1. The van der Waals surface area contributed by atoms with Crippen LogP contribution in [0.25, 0.3) is 0 Å². The minimum atomic E-state index is -0.413. The number of hydrogen-bond acceptors (Lipinski definition) is 3. The predicted molar refractivity (Wildman–Crippen MR) is 72.8 cm³/mol. The average molecular weight is 266 g/mol. The summed E-state index contributed by atoms with van der Waals surface area (Å²) in [6, 6.07) is 6.62. The Hall–Kier alpha value is -1.88. The second-order valence-electron chi connectivity index (χ2n) is 4.33. The zero-order valence-electron chi connectivity index (χ0n) is 11.2. The fourth-order valence-corrected chi connectivity index (χ4v) is 1.39. The van der Waals surface area contributed by atoms with Gasteiger partial charge in [0.05, 0.1) is 0 Å². The second kappa shape index (κ2) is 7.53. The maximum Gasteiger partial charge on any atom is 0.251 e. The van der Waals surface area contributed by atoms with Crippen molar-refractivity contribution in [1.29, 1.82) is 0 Å². The van der Waals surface area contributed by atoms with Crippen LogP contribution in [0.5, 0.6) is 5.75 Å². The topological polar surface area (TPSA) is 64.3 Å². The summed E-state index contributed by atoms with van der Waals surface area (Å²) in [5.41, 5.74) is 5.72. The number of amides is 1. The van der Waals surface area contributed by atoms with Gasteiger partial charge in [0.15, 0.2) is 0 Å². The molecule has 4 nitrogen and oxygen atoms in total. The van der Waals surface area contributed by atoms with Gasteiger partial charge in [-0.25, -0.2) is 4.39 Å². The van der Waals surface area contributed by atoms with Crippen LogP contribution < -0.4 is 15.8 Å². The molecule has 1 aromatic rings. The van der Waals surface area contributed by atoms with Gasteiger partial charge in [0.1, 0.15) is 18.2 Å². The van der Waals surface area contributed by atoms with Crippen molar-refractivity contribution in [2.24, 2.45) is 5.73 Å². The zero-order chi connectivity index (χ0) is 14.3. The lowest BCUT2D eigenvalue weighted by Crippen LogP contribution is -2.29. The number of carbonyl (C=O) groups excluding carboxylic acids is 1. The fourth-order valence-electron chi connectivity index (χ4n) is 1.39. The van der Waals surface area contributed by atoms with Crippen molar-refractivity contribution in [3.63, 3.8) is 0 Å². The van der Waals surface area contributed by atoms with E-state index in [1.165, 1.54) is 6.08 Å². The van der Waals surface area contributed by atoms with E-state index in [1.807, 2.05) is 13.8 Å². The molecular formula is C14H19FN2O2. The molecule has 0 bridgehead atoms. The minimum absolute atomic E-state index is 0.0823. The number of ether oxygens (including phenoxy) is 1. The summed E-state index contributed by atoms with van der Waals surface area (Å²) in [6.45, 7) is 3.77. The standard InChI is InChI=1S/C14H19FN2O2/c1-10(2)17-14(18)11-3-5-13(6-4-11)19-9-12(15)7-8-16/h3-7,10H,8-9,16H2,1-2H3,(H,17,18). The predicted octanol–water partition coefficient (Wildman–Crippen LogP) is 2.02. The minimum Gasteiger partial charge on any atom is -0.487 e. The maximum atomic E-state index is 13.0. The van der Waals surface area contributed by atoms with Gasteiger partial charge >= 0.3 is 0 Å². The normalized spacial score (nSPS) is 11.5. The number of nitrogens with one attached hydrogen (secondary N) is 1. The van der Waals surface area contributed by atoms with E-state index in [-0.39, 0.29) is 25.1 Å². The molecule has 1 amide bonds. The lowest BCUT2D eigenvalue weighted by Gasteiger charge is -2.09. The van der Waals surface area contributed by atoms with Crippen LogP contribution in [0.1, 0.15) is 24.2 Å². The van der Waals surface area contributed by atoms with Crippen LogP contribution >= 0.6 is 0 Å². The third kappa shape index (κ3) is 5.52. The van der Waals surface area contributed by atoms with Crippen molar-refractivity contribution in [2.75, 3.05) is 13.2 Å². The summed E-state index contributed by atoms with van der Waals surface area (Å²) in [6.07, 6.45) is 1.25. The molecule has 0 aromatic heterocycles. The molecule has 0 aliphatic carbocycles. The summed E-state index contributed by atoms with van der Waals surface area (Å²) in [5.74, 6) is -0.0541. The van der Waals surface area contributed by atoms with Gasteiger partial charge in [-0.15, -0.1) is 0 Å². The summed E-state index contributed by atoms with van der Waals surface area (Å²) < 4.78 is 18.2. The molecule has 0 aliphatic rings. The third-order valence-electron chi connectivity index (χ3n) is 2.25. The van der Waals surface area contributed by atoms with Crippen molar-refractivity contribution in [3.05, 3.63) is 41.7 Å². The Bertz CT molecular complexity index is 441. The van der Waals surface area contributed by atoms with Gasteiger partial charge in [0.25, 0.3) is 5.91 Å². The highest BCUT2D eigenvalue weighted by molar-refractivity contribution is 5.94. The molecule has 0 spiro atoms. The quantitative estimate of drug-likeness (QED) is 0.828. The zero-order valence-corrected chi connectivity index (χ0v) is 11.2. The highest BCUT2D eigenvalue weighted by atomic mass is 19.1. The van der Waals surface area contributed by atoms with Crippen molar-refractivity contribution in [2.45, 2.75) is 19.9 Å². The summed E-state index contributed by atoms with van der Waals surface area (Å²) in [5, 5.41) is 2.78. The average Bonchev–Trinajstić information content (AvgIpc) is 2.36. The molecule has 5 heteroatoms. The Morgan fingerprint density at radius 2 is 2.05 bits per heavy atom. The first-order chi connectivity index (χ1) is 9.02. The Morgan fingerprint density at radius 3 is 2.58 bits per heavy atom. The molecule has 0 radical (unpaired) electrons. The van der Waals surface area contributed by atoms with Crippen LogP contribution in [0.3, 0.4) is 0 Å². The molecule has 0 aliphatic heterocycles. The smallest absolute Gasteiger partial charge is 0.251 e. The Kier molecular flexibility index (Phi) is 6.02. The number of carbonyl (C=O) groups is 1. The third-order valence-corrected chi connectivity index (χ3v) is 2.25. The largest absolute Gasteiger partial charge is 0.487 e. The molecule has 19 heavy (non-hydrogen) atoms. The van der Waals surface area contributed by atoms with E-state index in [2.05, 4.69) is 5.32 Å². The number of benzene rings is 1. The number of nitrogens with two attached hydrogens (primary N) is 1. The van der Waals surface area contributed by atoms with Gasteiger partial charge in [0, 0.05) is 18.2 Å². The summed E-state index contributed by atoms with van der Waals surface area (Å²) >= 11 is 0. The van der Waals surface area contributed by atoms with E-state index in [1.54, 1.807) is 24.3 Å². The van der Waals surface area contributed by atoms with E-state index < -0.39 is 5.83 Å². The molecule has 1 rings (SSSR count). The summed E-state index contributed by atoms with van der Waals surface area (Å²) in [4.78, 5) is 11.7. The number of halogens is 1. The molecule has 0 heterocycles. The number of rotatable bonds is 6. The molecular weight excluding hydrogens is 247 g/mol. The van der Waals surface area contributed by atoms with E-state index in [0.717, 1.165) is 0 Å². The first-order valence-electron chi connectivity index (χ1n) is 6.11. The molecule has 1 aromatic carbocycles. The van der Waals surface area contributed by atoms with Crippen LogP contribution in [0.15, 0.2) is 36.2 Å². The van der Waals surface area contributed by atoms with E-state index >= 15 is 0 Å². The van der Waals surface area contributed by atoms with Crippen LogP contribution in [-0.4, -0.2) is 25.1 Å². The molecule has 0 saturated heterocycles. The fraction of sp³-hybridized carbons (Fsp3) is 0.357. The Labute approximate surface area is 112 Å². The van der Waals surface area contributed by atoms with Crippen LogP contribution in [0, 0.1) is 0 Å². The van der Waals surface area contributed by atoms with E-state index in [9.17, 15) is 9.18 Å². The molecule has 0 fully saturated rings. The highest BCUT2D eigenvalue weighted by Crippen LogP contribution is 2.13. The van der Waals surface area contributed by atoms with Crippen molar-refractivity contribution in [3.8, 4) is 5.75 Å². The second-order valence-corrected chi connectivity index (χ2v) is 4.33. The van der Waals surface area contributed by atoms with Crippen molar-refractivity contribution >= 4 is 5.91 Å². The van der Waals surface area contributed by atoms with E-state index in [0.29, 0.717) is 11.3 Å². The lowest BCUT2D eigenvalue weighted by molar-refractivity contribution is 0.0943. The van der Waals surface area contributed by atoms with Gasteiger partial charge in [-0.2, -0.15) is 0 Å². The van der Waals surface area contributed by atoms with Gasteiger partial charge in [-0.3, -0.25) is 4.79 Å². The van der Waals surface area contributed by atoms with Gasteiger partial charge in [0.2, 0.25) is 0 Å². The number of hydrogen-bond donors (Lipinski definition) is 2. The molecule has 104 valence electrons. The Balaban J connectivity index is 2.57. The summed E-state index contributed by atoms with van der Waals surface area (Å²) in [7, 11) is 0. The Morgan fingerprint density at radius 1 is 1.42 bits per heavy atom. The van der Waals surface area contributed by atoms with Crippen LogP contribution in [0.4, 0.5) is 4.39 Å². The van der Waals surface area contributed by atoms with Crippen LogP contribution in [-0.2, 0) is 0 Å². The van der Waals surface area contributed by atoms with Gasteiger partial charge < -0.3 is 15.8 Å². The molecule has 3 N–H and O–H groups in total. The van der Waals surface area contributed by atoms with Crippen molar-refractivity contribution < 1.29 is 13.9 Å². The van der Waals surface area contributed by atoms with Gasteiger partial charge in [-0.1, -0.05) is 0 Å². The van der Waals surface area contributed by atoms with Crippen LogP contribution in [0.2, 0.25) is 0 Å². The first kappa shape index (κ1) is 15.2. The first-order valence-corrected chi connectivity index (χ1v) is 6.11. The highest BCUT2D eigenvalue weighted by Gasteiger charge is 2.06. The lowest BCUT2D eigenvalue weighted by atomic mass is 10.2. The monoisotopic (exact) mass is 266 g/mol. The molecule has 0 unspecified atom stereocenters. The van der Waals surface area contributed by atoms with E-state index in [4.69, 9.17) is 10.5 Å². The van der Waals surface area contributed by atoms with Gasteiger partial charge in [-0.05, 0) is 44.2 Å².